The minimum absolute atomic E-state index is 0.0978. The van der Waals surface area contributed by atoms with Crippen LogP contribution in [0.5, 0.6) is 0 Å². The molecule has 0 spiro atoms. The predicted octanol–water partition coefficient (Wildman–Crippen LogP) is 3.51. The second kappa shape index (κ2) is 11.5. The average Bonchev–Trinajstić information content (AvgIpc) is 3.17. The van der Waals surface area contributed by atoms with Gasteiger partial charge in [-0.1, -0.05) is 17.4 Å². The molecule has 1 aromatic heterocycles. The van der Waals surface area contributed by atoms with Crippen molar-refractivity contribution in [2.24, 2.45) is 4.99 Å². The lowest BCUT2D eigenvalue weighted by molar-refractivity contribution is 0.0997. The number of sulfonamides is 1. The van der Waals surface area contributed by atoms with Crippen LogP contribution in [0.15, 0.2) is 56.8 Å². The van der Waals surface area contributed by atoms with E-state index in [0.29, 0.717) is 16.9 Å². The molecule has 0 atom stereocenters. The van der Waals surface area contributed by atoms with Crippen LogP contribution in [0.1, 0.15) is 17.3 Å². The topological polar surface area (TPSA) is 90.2 Å². The van der Waals surface area contributed by atoms with Crippen LogP contribution in [0.3, 0.4) is 0 Å². The Kier molecular flexibility index (Phi) is 8.96. The summed E-state index contributed by atoms with van der Waals surface area (Å²) in [6, 6.07) is 11.7. The SMILES string of the molecule is CCn1c(=NC(=O)c2ccc(S(=O)(=O)N(CCOC)CCOC)cc2)sc2cccc(Br)c21. The Hall–Kier alpha value is -1.89. The Morgan fingerprint density at radius 1 is 1.09 bits per heavy atom. The number of ether oxygens (including phenoxy) is 2. The van der Waals surface area contributed by atoms with Gasteiger partial charge in [-0.05, 0) is 59.3 Å². The highest BCUT2D eigenvalue weighted by Crippen LogP contribution is 2.25. The van der Waals surface area contributed by atoms with Crippen molar-refractivity contribution in [3.05, 3.63) is 57.3 Å². The van der Waals surface area contributed by atoms with E-state index in [1.807, 2.05) is 29.7 Å². The highest BCUT2D eigenvalue weighted by Gasteiger charge is 2.24. The summed E-state index contributed by atoms with van der Waals surface area (Å²) in [7, 11) is -0.723. The van der Waals surface area contributed by atoms with Crippen LogP contribution in [-0.4, -0.2) is 63.7 Å². The number of nitrogens with zero attached hydrogens (tertiary/aromatic N) is 3. The first-order chi connectivity index (χ1) is 15.8. The van der Waals surface area contributed by atoms with Crippen molar-refractivity contribution >= 4 is 53.4 Å². The molecule has 0 aliphatic rings. The number of carbonyl (C=O) groups is 1. The van der Waals surface area contributed by atoms with E-state index in [1.165, 1.54) is 54.1 Å². The van der Waals surface area contributed by atoms with Gasteiger partial charge >= 0.3 is 0 Å². The monoisotopic (exact) mass is 555 g/mol. The molecule has 1 heterocycles. The molecule has 0 N–H and O–H groups in total. The normalized spacial score (nSPS) is 12.7. The quantitative estimate of drug-likeness (QED) is 0.381. The maximum Gasteiger partial charge on any atom is 0.279 e. The third-order valence-corrected chi connectivity index (χ3v) is 8.59. The Balaban J connectivity index is 1.90. The fraction of sp³-hybridized carbons (Fsp3) is 0.364. The number of halogens is 1. The molecule has 0 fully saturated rings. The van der Waals surface area contributed by atoms with Gasteiger partial charge in [-0.15, -0.1) is 0 Å². The molecule has 1 amide bonds. The standard InChI is InChI=1S/C22H26BrN3O5S2/c1-4-26-20-18(23)6-5-7-19(20)32-22(26)24-21(27)16-8-10-17(11-9-16)33(28,29)25(12-14-30-2)13-15-31-3/h5-11H,4,12-15H2,1-3H3. The van der Waals surface area contributed by atoms with E-state index in [0.717, 1.165) is 14.7 Å². The molecule has 0 saturated heterocycles. The summed E-state index contributed by atoms with van der Waals surface area (Å²) in [5, 5.41) is 0. The minimum Gasteiger partial charge on any atom is -0.383 e. The molecule has 0 aliphatic heterocycles. The van der Waals surface area contributed by atoms with Crippen LogP contribution in [0, 0.1) is 0 Å². The summed E-state index contributed by atoms with van der Waals surface area (Å²) in [6.07, 6.45) is 0. The maximum atomic E-state index is 13.0. The summed E-state index contributed by atoms with van der Waals surface area (Å²) in [4.78, 5) is 17.8. The van der Waals surface area contributed by atoms with Gasteiger partial charge in [0.15, 0.2) is 4.80 Å². The molecular formula is C22H26BrN3O5S2. The van der Waals surface area contributed by atoms with Gasteiger partial charge in [0, 0.05) is 43.9 Å². The molecule has 2 aromatic carbocycles. The number of para-hydroxylation sites is 1. The smallest absolute Gasteiger partial charge is 0.279 e. The van der Waals surface area contributed by atoms with Gasteiger partial charge in [0.1, 0.15) is 0 Å². The summed E-state index contributed by atoms with van der Waals surface area (Å²) in [6.45, 7) is 3.59. The number of methoxy groups -OCH3 is 2. The van der Waals surface area contributed by atoms with Gasteiger partial charge in [-0.2, -0.15) is 9.30 Å². The minimum atomic E-state index is -3.76. The zero-order valence-corrected chi connectivity index (χ0v) is 21.9. The van der Waals surface area contributed by atoms with Crippen LogP contribution >= 0.6 is 27.3 Å². The number of hydrogen-bond acceptors (Lipinski definition) is 6. The van der Waals surface area contributed by atoms with E-state index in [2.05, 4.69) is 20.9 Å². The second-order valence-electron chi connectivity index (χ2n) is 7.05. The number of amides is 1. The van der Waals surface area contributed by atoms with Crippen LogP contribution in [0.2, 0.25) is 0 Å². The van der Waals surface area contributed by atoms with E-state index >= 15 is 0 Å². The Bertz CT molecular complexity index is 1280. The van der Waals surface area contributed by atoms with Crippen molar-refractivity contribution in [1.82, 2.24) is 8.87 Å². The Morgan fingerprint density at radius 3 is 2.30 bits per heavy atom. The maximum absolute atomic E-state index is 13.0. The molecule has 3 rings (SSSR count). The molecule has 3 aromatic rings. The summed E-state index contributed by atoms with van der Waals surface area (Å²) in [5.74, 6) is -0.431. The van der Waals surface area contributed by atoms with E-state index in [9.17, 15) is 13.2 Å². The van der Waals surface area contributed by atoms with Gasteiger partial charge in [0.25, 0.3) is 5.91 Å². The zero-order valence-electron chi connectivity index (χ0n) is 18.7. The highest BCUT2D eigenvalue weighted by molar-refractivity contribution is 9.10. The van der Waals surface area contributed by atoms with E-state index in [-0.39, 0.29) is 31.2 Å². The number of aromatic nitrogens is 1. The van der Waals surface area contributed by atoms with Gasteiger partial charge in [-0.25, -0.2) is 8.42 Å². The first-order valence-corrected chi connectivity index (χ1v) is 13.3. The van der Waals surface area contributed by atoms with Crippen LogP contribution in [-0.2, 0) is 26.0 Å². The Labute approximate surface area is 205 Å². The number of thiazole rings is 1. The molecule has 0 radical (unpaired) electrons. The van der Waals surface area contributed by atoms with Crippen molar-refractivity contribution in [2.45, 2.75) is 18.4 Å². The lowest BCUT2D eigenvalue weighted by Gasteiger charge is -2.21. The fourth-order valence-corrected chi connectivity index (χ4v) is 6.51. The number of aryl methyl sites for hydroxylation is 1. The van der Waals surface area contributed by atoms with Crippen LogP contribution in [0.25, 0.3) is 10.2 Å². The zero-order chi connectivity index (χ0) is 24.0. The van der Waals surface area contributed by atoms with Gasteiger partial charge in [0.2, 0.25) is 10.0 Å². The van der Waals surface area contributed by atoms with Crippen LogP contribution < -0.4 is 4.80 Å². The second-order valence-corrected chi connectivity index (χ2v) is 10.8. The molecule has 178 valence electrons. The summed E-state index contributed by atoms with van der Waals surface area (Å²) >= 11 is 5.00. The summed E-state index contributed by atoms with van der Waals surface area (Å²) < 4.78 is 41.4. The average molecular weight is 557 g/mol. The van der Waals surface area contributed by atoms with Crippen molar-refractivity contribution in [3.63, 3.8) is 0 Å². The van der Waals surface area contributed by atoms with Gasteiger partial charge in [-0.3, -0.25) is 4.79 Å². The molecule has 0 bridgehead atoms. The first kappa shape index (κ1) is 25.7. The van der Waals surface area contributed by atoms with E-state index in [4.69, 9.17) is 9.47 Å². The number of hydrogen-bond donors (Lipinski definition) is 0. The predicted molar refractivity (Wildman–Crippen MR) is 132 cm³/mol. The molecule has 8 nitrogen and oxygen atoms in total. The molecule has 11 heteroatoms. The molecule has 0 aliphatic carbocycles. The molecule has 0 saturated carbocycles. The van der Waals surface area contributed by atoms with Crippen molar-refractivity contribution < 1.29 is 22.7 Å². The van der Waals surface area contributed by atoms with E-state index < -0.39 is 15.9 Å². The number of benzene rings is 2. The van der Waals surface area contributed by atoms with Crippen molar-refractivity contribution in [1.29, 1.82) is 0 Å². The van der Waals surface area contributed by atoms with Crippen molar-refractivity contribution in [2.75, 3.05) is 40.5 Å². The fourth-order valence-electron chi connectivity index (χ4n) is 3.27. The van der Waals surface area contributed by atoms with Gasteiger partial charge < -0.3 is 14.0 Å². The number of rotatable bonds is 10. The largest absolute Gasteiger partial charge is 0.383 e. The van der Waals surface area contributed by atoms with E-state index in [1.54, 1.807) is 0 Å². The summed E-state index contributed by atoms with van der Waals surface area (Å²) in [5.41, 5.74) is 1.30. The highest BCUT2D eigenvalue weighted by atomic mass is 79.9. The lowest BCUT2D eigenvalue weighted by Crippen LogP contribution is -2.36. The first-order valence-electron chi connectivity index (χ1n) is 10.3. The Morgan fingerprint density at radius 2 is 1.73 bits per heavy atom. The lowest BCUT2D eigenvalue weighted by atomic mass is 10.2. The van der Waals surface area contributed by atoms with Crippen molar-refractivity contribution in [3.8, 4) is 0 Å². The molecular weight excluding hydrogens is 530 g/mol. The number of carbonyl (C=O) groups excluding carboxylic acids is 1. The third-order valence-electron chi connectivity index (χ3n) is 4.99. The molecule has 0 unspecified atom stereocenters. The molecule has 33 heavy (non-hydrogen) atoms. The van der Waals surface area contributed by atoms with Crippen LogP contribution in [0.4, 0.5) is 0 Å². The number of fused-ring (bicyclic) bond motifs is 1. The third kappa shape index (κ3) is 5.79. The van der Waals surface area contributed by atoms with Gasteiger partial charge in [0.05, 0.1) is 28.3 Å².